The van der Waals surface area contributed by atoms with Crippen molar-refractivity contribution >= 4 is 11.9 Å². The fraction of sp³-hybridized carbons (Fsp3) is 0.846. The molecular formula is C13H24N4O2. The highest BCUT2D eigenvalue weighted by atomic mass is 16.2. The Hall–Kier alpha value is -1.30. The van der Waals surface area contributed by atoms with E-state index in [0.29, 0.717) is 19.6 Å². The number of hydrogen-bond acceptors (Lipinski definition) is 3. The van der Waals surface area contributed by atoms with E-state index in [1.165, 1.54) is 0 Å². The first-order chi connectivity index (χ1) is 9.10. The van der Waals surface area contributed by atoms with Crippen molar-refractivity contribution in [3.8, 4) is 0 Å². The van der Waals surface area contributed by atoms with Gasteiger partial charge in [0, 0.05) is 37.6 Å². The molecule has 3 amide bonds. The van der Waals surface area contributed by atoms with Gasteiger partial charge in [-0.05, 0) is 32.6 Å². The third-order valence-corrected chi connectivity index (χ3v) is 3.99. The van der Waals surface area contributed by atoms with Crippen LogP contribution in [0.1, 0.15) is 32.6 Å². The standard InChI is InChI=1S/C13H24N4O2/c1-2-15-13(19)17-6-5-11(8-17)16-12(18)9-3-4-10(14)7-9/h9-11H,2-8,14H2,1H3,(H,15,19)(H,16,18). The molecule has 0 aromatic rings. The largest absolute Gasteiger partial charge is 0.351 e. The van der Waals surface area contributed by atoms with E-state index >= 15 is 0 Å². The van der Waals surface area contributed by atoms with Gasteiger partial charge in [0.15, 0.2) is 0 Å². The fourth-order valence-electron chi connectivity index (χ4n) is 2.90. The SMILES string of the molecule is CCNC(=O)N1CCC(NC(=O)C2CCC(N)C2)C1. The van der Waals surface area contributed by atoms with Gasteiger partial charge < -0.3 is 21.3 Å². The Kier molecular flexibility index (Phi) is 4.63. The lowest BCUT2D eigenvalue weighted by atomic mass is 10.1. The van der Waals surface area contributed by atoms with Gasteiger partial charge in [0.25, 0.3) is 0 Å². The maximum absolute atomic E-state index is 12.1. The zero-order valence-corrected chi connectivity index (χ0v) is 11.5. The maximum Gasteiger partial charge on any atom is 0.317 e. The van der Waals surface area contributed by atoms with Crippen molar-refractivity contribution in [1.29, 1.82) is 0 Å². The zero-order valence-electron chi connectivity index (χ0n) is 11.5. The third kappa shape index (κ3) is 3.59. The monoisotopic (exact) mass is 268 g/mol. The molecular weight excluding hydrogens is 244 g/mol. The van der Waals surface area contributed by atoms with Crippen LogP contribution in [0.4, 0.5) is 4.79 Å². The summed E-state index contributed by atoms with van der Waals surface area (Å²) in [6.07, 6.45) is 3.45. The van der Waals surface area contributed by atoms with E-state index < -0.39 is 0 Å². The van der Waals surface area contributed by atoms with Gasteiger partial charge in [-0.15, -0.1) is 0 Å². The van der Waals surface area contributed by atoms with Crippen LogP contribution in [0.3, 0.4) is 0 Å². The molecule has 0 bridgehead atoms. The van der Waals surface area contributed by atoms with Crippen LogP contribution in [0.5, 0.6) is 0 Å². The third-order valence-electron chi connectivity index (χ3n) is 3.99. The van der Waals surface area contributed by atoms with Crippen LogP contribution < -0.4 is 16.4 Å². The predicted octanol–water partition coefficient (Wildman–Crippen LogP) is 0.0338. The van der Waals surface area contributed by atoms with Crippen LogP contribution >= 0.6 is 0 Å². The van der Waals surface area contributed by atoms with Crippen LogP contribution in [0.25, 0.3) is 0 Å². The minimum atomic E-state index is -0.0397. The van der Waals surface area contributed by atoms with Gasteiger partial charge in [-0.1, -0.05) is 0 Å². The fourth-order valence-corrected chi connectivity index (χ4v) is 2.90. The molecule has 1 aliphatic heterocycles. The van der Waals surface area contributed by atoms with Gasteiger partial charge in [0.1, 0.15) is 0 Å². The topological polar surface area (TPSA) is 87.5 Å². The second-order valence-electron chi connectivity index (χ2n) is 5.55. The van der Waals surface area contributed by atoms with Crippen molar-refractivity contribution in [2.45, 2.75) is 44.7 Å². The molecule has 2 aliphatic rings. The minimum Gasteiger partial charge on any atom is -0.351 e. The Morgan fingerprint density at radius 2 is 2.11 bits per heavy atom. The Morgan fingerprint density at radius 3 is 2.74 bits per heavy atom. The summed E-state index contributed by atoms with van der Waals surface area (Å²) in [7, 11) is 0. The summed E-state index contributed by atoms with van der Waals surface area (Å²) < 4.78 is 0. The molecule has 0 aromatic heterocycles. The quantitative estimate of drug-likeness (QED) is 0.675. The summed E-state index contributed by atoms with van der Waals surface area (Å²) in [5.41, 5.74) is 5.83. The number of likely N-dealkylation sites (tertiary alicyclic amines) is 1. The highest BCUT2D eigenvalue weighted by Gasteiger charge is 2.32. The van der Waals surface area contributed by atoms with Gasteiger partial charge in [-0.25, -0.2) is 4.79 Å². The number of nitrogens with zero attached hydrogens (tertiary/aromatic N) is 1. The van der Waals surface area contributed by atoms with Crippen molar-refractivity contribution in [2.24, 2.45) is 11.7 Å². The number of urea groups is 1. The predicted molar refractivity (Wildman–Crippen MR) is 72.5 cm³/mol. The van der Waals surface area contributed by atoms with E-state index in [2.05, 4.69) is 10.6 Å². The van der Waals surface area contributed by atoms with E-state index in [4.69, 9.17) is 5.73 Å². The molecule has 108 valence electrons. The number of rotatable bonds is 3. The number of carbonyl (C=O) groups is 2. The number of carbonyl (C=O) groups excluding carboxylic acids is 2. The summed E-state index contributed by atoms with van der Waals surface area (Å²) >= 11 is 0. The molecule has 0 spiro atoms. The molecule has 6 heteroatoms. The second kappa shape index (κ2) is 6.23. The van der Waals surface area contributed by atoms with Crippen molar-refractivity contribution < 1.29 is 9.59 Å². The molecule has 0 radical (unpaired) electrons. The van der Waals surface area contributed by atoms with Crippen LogP contribution in [0, 0.1) is 5.92 Å². The molecule has 1 saturated heterocycles. The van der Waals surface area contributed by atoms with Gasteiger partial charge in [-0.3, -0.25) is 4.79 Å². The Morgan fingerprint density at radius 1 is 1.32 bits per heavy atom. The molecule has 3 atom stereocenters. The molecule has 3 unspecified atom stereocenters. The first kappa shape index (κ1) is 14.1. The Balaban J connectivity index is 1.75. The summed E-state index contributed by atoms with van der Waals surface area (Å²) in [6.45, 7) is 3.85. The van der Waals surface area contributed by atoms with Crippen molar-refractivity contribution in [2.75, 3.05) is 19.6 Å². The second-order valence-corrected chi connectivity index (χ2v) is 5.55. The minimum absolute atomic E-state index is 0.0397. The van der Waals surface area contributed by atoms with Gasteiger partial charge in [-0.2, -0.15) is 0 Å². The lowest BCUT2D eigenvalue weighted by Gasteiger charge is -2.18. The van der Waals surface area contributed by atoms with Crippen molar-refractivity contribution in [3.05, 3.63) is 0 Å². The number of hydrogen-bond donors (Lipinski definition) is 3. The van der Waals surface area contributed by atoms with Crippen LogP contribution in [0.2, 0.25) is 0 Å². The van der Waals surface area contributed by atoms with E-state index in [1.54, 1.807) is 4.90 Å². The van der Waals surface area contributed by atoms with Gasteiger partial charge >= 0.3 is 6.03 Å². The number of amides is 3. The highest BCUT2D eigenvalue weighted by molar-refractivity contribution is 5.80. The van der Waals surface area contributed by atoms with Crippen molar-refractivity contribution in [1.82, 2.24) is 15.5 Å². The summed E-state index contributed by atoms with van der Waals surface area (Å²) in [5.74, 6) is 0.171. The van der Waals surface area contributed by atoms with Crippen molar-refractivity contribution in [3.63, 3.8) is 0 Å². The summed E-state index contributed by atoms with van der Waals surface area (Å²) in [4.78, 5) is 25.5. The normalized spacial score (nSPS) is 30.4. The number of nitrogens with one attached hydrogen (secondary N) is 2. The molecule has 4 N–H and O–H groups in total. The van der Waals surface area contributed by atoms with Gasteiger partial charge in [0.05, 0.1) is 0 Å². The molecule has 1 saturated carbocycles. The van der Waals surface area contributed by atoms with E-state index in [1.807, 2.05) is 6.92 Å². The first-order valence-corrected chi connectivity index (χ1v) is 7.19. The maximum atomic E-state index is 12.1. The smallest absolute Gasteiger partial charge is 0.317 e. The molecule has 19 heavy (non-hydrogen) atoms. The summed E-state index contributed by atoms with van der Waals surface area (Å²) in [5, 5.41) is 5.83. The Labute approximate surface area is 114 Å². The lowest BCUT2D eigenvalue weighted by Crippen LogP contribution is -2.43. The number of nitrogens with two attached hydrogens (primary N) is 1. The highest BCUT2D eigenvalue weighted by Crippen LogP contribution is 2.24. The molecule has 2 fully saturated rings. The zero-order chi connectivity index (χ0) is 13.8. The van der Waals surface area contributed by atoms with E-state index in [9.17, 15) is 9.59 Å². The van der Waals surface area contributed by atoms with Gasteiger partial charge in [0.2, 0.25) is 5.91 Å². The summed E-state index contributed by atoms with van der Waals surface area (Å²) in [6, 6.07) is 0.222. The average molecular weight is 268 g/mol. The molecule has 2 rings (SSSR count). The van der Waals surface area contributed by atoms with Crippen LogP contribution in [-0.2, 0) is 4.79 Å². The lowest BCUT2D eigenvalue weighted by molar-refractivity contribution is -0.125. The Bertz CT molecular complexity index is 348. The average Bonchev–Trinajstić information content (AvgIpc) is 2.98. The van der Waals surface area contributed by atoms with E-state index in [-0.39, 0.29) is 29.9 Å². The molecule has 0 aromatic carbocycles. The van der Waals surface area contributed by atoms with Crippen LogP contribution in [0.15, 0.2) is 0 Å². The molecule has 1 heterocycles. The molecule has 1 aliphatic carbocycles. The first-order valence-electron chi connectivity index (χ1n) is 7.19. The van der Waals surface area contributed by atoms with E-state index in [0.717, 1.165) is 25.7 Å². The molecule has 6 nitrogen and oxygen atoms in total. The van der Waals surface area contributed by atoms with Crippen LogP contribution in [-0.4, -0.2) is 48.6 Å².